The Hall–Kier alpha value is -1.71. The van der Waals surface area contributed by atoms with Crippen LogP contribution in [0.25, 0.3) is 0 Å². The molecule has 2 nitrogen and oxygen atoms in total. The molecule has 24 heavy (non-hydrogen) atoms. The summed E-state index contributed by atoms with van der Waals surface area (Å²) < 4.78 is 0. The molecule has 3 heteroatoms. The number of ketones is 1. The van der Waals surface area contributed by atoms with Crippen molar-refractivity contribution < 1.29 is 9.59 Å². The highest BCUT2D eigenvalue weighted by Gasteiger charge is 2.50. The summed E-state index contributed by atoms with van der Waals surface area (Å²) in [5.41, 5.74) is 0. The van der Waals surface area contributed by atoms with Crippen LogP contribution in [0.2, 0.25) is 5.04 Å². The Morgan fingerprint density at radius 2 is 1.42 bits per heavy atom. The van der Waals surface area contributed by atoms with Gasteiger partial charge in [-0.15, -0.1) is 0 Å². The molecular weight excluding hydrogens is 312 g/mol. The Morgan fingerprint density at radius 3 is 1.75 bits per heavy atom. The SMILES string of the molecule is CC[C@@H](CC(C)(C)[Si](O)(c1ccccc1)c1ccccc1)C(C)=O. The lowest BCUT2D eigenvalue weighted by Crippen LogP contribution is -2.65. The Labute approximate surface area is 146 Å². The molecular formula is C21H28O2Si. The number of benzene rings is 2. The summed E-state index contributed by atoms with van der Waals surface area (Å²) in [4.78, 5) is 24.0. The van der Waals surface area contributed by atoms with Crippen LogP contribution in [0.3, 0.4) is 0 Å². The van der Waals surface area contributed by atoms with Gasteiger partial charge in [-0.1, -0.05) is 81.4 Å². The lowest BCUT2D eigenvalue weighted by molar-refractivity contribution is -0.121. The lowest BCUT2D eigenvalue weighted by atomic mass is 9.91. The molecule has 0 amide bonds. The van der Waals surface area contributed by atoms with Gasteiger partial charge in [0.1, 0.15) is 5.78 Å². The highest BCUT2D eigenvalue weighted by Crippen LogP contribution is 2.42. The van der Waals surface area contributed by atoms with Crippen molar-refractivity contribution in [3.63, 3.8) is 0 Å². The topological polar surface area (TPSA) is 37.3 Å². The summed E-state index contributed by atoms with van der Waals surface area (Å²) >= 11 is 0. The predicted octanol–water partition coefficient (Wildman–Crippen LogP) is 3.52. The molecule has 0 unspecified atom stereocenters. The fraction of sp³-hybridized carbons (Fsp3) is 0.381. The summed E-state index contributed by atoms with van der Waals surface area (Å²) in [7, 11) is -3.01. The van der Waals surface area contributed by atoms with Crippen LogP contribution < -0.4 is 10.4 Å². The van der Waals surface area contributed by atoms with Crippen molar-refractivity contribution >= 4 is 24.5 Å². The maximum Gasteiger partial charge on any atom is 0.258 e. The van der Waals surface area contributed by atoms with E-state index in [1.165, 1.54) is 0 Å². The van der Waals surface area contributed by atoms with Crippen LogP contribution >= 0.6 is 0 Å². The van der Waals surface area contributed by atoms with E-state index < -0.39 is 8.32 Å². The summed E-state index contributed by atoms with van der Waals surface area (Å²) in [6.45, 7) is 7.94. The molecule has 128 valence electrons. The van der Waals surface area contributed by atoms with Crippen LogP contribution in [0.5, 0.6) is 0 Å². The highest BCUT2D eigenvalue weighted by molar-refractivity contribution is 6.98. The van der Waals surface area contributed by atoms with E-state index in [9.17, 15) is 9.59 Å². The van der Waals surface area contributed by atoms with Gasteiger partial charge in [0, 0.05) is 5.92 Å². The van der Waals surface area contributed by atoms with Crippen molar-refractivity contribution in [2.75, 3.05) is 0 Å². The van der Waals surface area contributed by atoms with E-state index in [1.807, 2.05) is 67.6 Å². The minimum absolute atomic E-state index is 0.00792. The molecule has 0 saturated carbocycles. The smallest absolute Gasteiger partial charge is 0.258 e. The first kappa shape index (κ1) is 18.6. The van der Waals surface area contributed by atoms with Crippen LogP contribution in [0.1, 0.15) is 40.5 Å². The van der Waals surface area contributed by atoms with E-state index in [0.717, 1.165) is 16.8 Å². The van der Waals surface area contributed by atoms with Gasteiger partial charge in [0.05, 0.1) is 0 Å². The van der Waals surface area contributed by atoms with Crippen molar-refractivity contribution in [1.29, 1.82) is 0 Å². The standard InChI is InChI=1S/C21H28O2Si/c1-5-18(17(2)22)16-21(3,4)24(23,19-12-8-6-9-13-19)20-14-10-7-11-15-20/h6-15,18,23H,5,16H2,1-4H3/t18-/m0/s1. The minimum atomic E-state index is -3.01. The number of rotatable bonds is 7. The molecule has 0 aromatic heterocycles. The molecule has 2 aromatic carbocycles. The van der Waals surface area contributed by atoms with E-state index >= 15 is 0 Å². The average molecular weight is 341 g/mol. The molecule has 0 heterocycles. The summed E-state index contributed by atoms with van der Waals surface area (Å²) in [6.07, 6.45) is 1.51. The molecule has 1 N–H and O–H groups in total. The summed E-state index contributed by atoms with van der Waals surface area (Å²) in [5, 5.41) is 1.64. The summed E-state index contributed by atoms with van der Waals surface area (Å²) in [5.74, 6) is 0.203. The van der Waals surface area contributed by atoms with Gasteiger partial charge >= 0.3 is 0 Å². The van der Waals surface area contributed by atoms with Crippen LogP contribution in [-0.4, -0.2) is 18.9 Å². The predicted molar refractivity (Wildman–Crippen MR) is 103 cm³/mol. The number of hydrogen-bond acceptors (Lipinski definition) is 2. The van der Waals surface area contributed by atoms with Gasteiger partial charge in [0.2, 0.25) is 0 Å². The van der Waals surface area contributed by atoms with Crippen molar-refractivity contribution in [3.8, 4) is 0 Å². The minimum Gasteiger partial charge on any atom is -0.424 e. The van der Waals surface area contributed by atoms with Gasteiger partial charge in [0.25, 0.3) is 8.32 Å². The zero-order valence-corrected chi connectivity index (χ0v) is 16.1. The second kappa shape index (κ2) is 7.45. The van der Waals surface area contributed by atoms with Crippen molar-refractivity contribution in [2.24, 2.45) is 5.92 Å². The third-order valence-corrected chi connectivity index (χ3v) is 9.69. The van der Waals surface area contributed by atoms with Crippen LogP contribution in [-0.2, 0) is 4.79 Å². The second-order valence-corrected chi connectivity index (χ2v) is 11.2. The molecule has 0 aliphatic carbocycles. The molecule has 2 rings (SSSR count). The van der Waals surface area contributed by atoms with E-state index in [0.29, 0.717) is 6.42 Å². The normalized spacial score (nSPS) is 13.5. The molecule has 0 aliphatic heterocycles. The fourth-order valence-corrected chi connectivity index (χ4v) is 7.43. The molecule has 0 radical (unpaired) electrons. The molecule has 0 bridgehead atoms. The first-order chi connectivity index (χ1) is 11.3. The summed E-state index contributed by atoms with van der Waals surface area (Å²) in [6, 6.07) is 20.0. The largest absolute Gasteiger partial charge is 0.424 e. The van der Waals surface area contributed by atoms with Crippen molar-refractivity contribution in [2.45, 2.75) is 45.6 Å². The van der Waals surface area contributed by atoms with Gasteiger partial charge in [0.15, 0.2) is 0 Å². The van der Waals surface area contributed by atoms with Gasteiger partial charge in [-0.05, 0) is 35.2 Å². The van der Waals surface area contributed by atoms with Crippen molar-refractivity contribution in [3.05, 3.63) is 60.7 Å². The van der Waals surface area contributed by atoms with Gasteiger partial charge in [-0.3, -0.25) is 4.79 Å². The molecule has 0 aliphatic rings. The Morgan fingerprint density at radius 1 is 1.00 bits per heavy atom. The lowest BCUT2D eigenvalue weighted by Gasteiger charge is -2.42. The zero-order valence-electron chi connectivity index (χ0n) is 15.1. The monoisotopic (exact) mass is 340 g/mol. The quantitative estimate of drug-likeness (QED) is 0.783. The molecule has 1 atom stereocenters. The second-order valence-electron chi connectivity index (χ2n) is 7.25. The Bertz CT molecular complexity index is 625. The van der Waals surface area contributed by atoms with Crippen LogP contribution in [0.15, 0.2) is 60.7 Å². The van der Waals surface area contributed by atoms with E-state index in [2.05, 4.69) is 13.8 Å². The Kier molecular flexibility index (Phi) is 5.78. The first-order valence-corrected chi connectivity index (χ1v) is 10.6. The maximum absolute atomic E-state index is 12.0. The third-order valence-electron chi connectivity index (χ3n) is 5.19. The van der Waals surface area contributed by atoms with Crippen LogP contribution in [0, 0.1) is 5.92 Å². The Balaban J connectivity index is 2.56. The third kappa shape index (κ3) is 3.52. The average Bonchev–Trinajstić information content (AvgIpc) is 2.60. The van der Waals surface area contributed by atoms with E-state index in [1.54, 1.807) is 6.92 Å². The molecule has 2 aromatic rings. The molecule has 0 fully saturated rings. The van der Waals surface area contributed by atoms with Crippen LogP contribution in [0.4, 0.5) is 0 Å². The first-order valence-electron chi connectivity index (χ1n) is 8.66. The molecule has 0 saturated heterocycles. The number of Topliss-reactive ketones (excluding diaryl/α,β-unsaturated/α-hetero) is 1. The van der Waals surface area contributed by atoms with E-state index in [4.69, 9.17) is 0 Å². The highest BCUT2D eigenvalue weighted by atomic mass is 28.4. The van der Waals surface area contributed by atoms with E-state index in [-0.39, 0.29) is 16.7 Å². The maximum atomic E-state index is 12.0. The van der Waals surface area contributed by atoms with Crippen molar-refractivity contribution in [1.82, 2.24) is 0 Å². The number of carbonyl (C=O) groups is 1. The molecule has 0 spiro atoms. The van der Waals surface area contributed by atoms with Gasteiger partial charge in [-0.2, -0.15) is 0 Å². The van der Waals surface area contributed by atoms with Gasteiger partial charge < -0.3 is 4.80 Å². The number of carbonyl (C=O) groups excluding carboxylic acids is 1. The number of hydrogen-bond donors (Lipinski definition) is 1. The van der Waals surface area contributed by atoms with Gasteiger partial charge in [-0.25, -0.2) is 0 Å². The zero-order chi connectivity index (χ0) is 17.8. The fourth-order valence-electron chi connectivity index (χ4n) is 3.65.